The third kappa shape index (κ3) is 5.03. The average molecular weight is 519 g/mol. The number of rotatable bonds is 7. The Morgan fingerprint density at radius 3 is 2.81 bits per heavy atom. The highest BCUT2D eigenvalue weighted by atomic mass is 79.9. The SMILES string of the molecule is Cc1cc(NC(=O)c2ccc(COc3ccccc3Br)o2)nn1Cc1c(F)cccc1Cl. The van der Waals surface area contributed by atoms with Gasteiger partial charge in [-0.05, 0) is 59.3 Å². The number of amides is 1. The quantitative estimate of drug-likeness (QED) is 0.315. The number of para-hydroxylation sites is 1. The molecule has 6 nitrogen and oxygen atoms in total. The summed E-state index contributed by atoms with van der Waals surface area (Å²) in [5.74, 6) is 0.756. The molecule has 0 radical (unpaired) electrons. The lowest BCUT2D eigenvalue weighted by atomic mass is 10.2. The number of nitrogens with zero attached hydrogens (tertiary/aromatic N) is 2. The maximum Gasteiger partial charge on any atom is 0.292 e. The summed E-state index contributed by atoms with van der Waals surface area (Å²) in [6, 6.07) is 16.9. The van der Waals surface area contributed by atoms with Crippen LogP contribution in [-0.4, -0.2) is 15.7 Å². The van der Waals surface area contributed by atoms with Crippen LogP contribution in [0.25, 0.3) is 0 Å². The van der Waals surface area contributed by atoms with Crippen LogP contribution in [-0.2, 0) is 13.2 Å². The first-order valence-corrected chi connectivity index (χ1v) is 10.8. The summed E-state index contributed by atoms with van der Waals surface area (Å²) >= 11 is 9.52. The molecule has 0 saturated heterocycles. The maximum absolute atomic E-state index is 14.1. The predicted octanol–water partition coefficient (Wildman–Crippen LogP) is 6.22. The predicted molar refractivity (Wildman–Crippen MR) is 123 cm³/mol. The summed E-state index contributed by atoms with van der Waals surface area (Å²) in [7, 11) is 0. The molecule has 1 N–H and O–H groups in total. The number of aromatic nitrogens is 2. The minimum absolute atomic E-state index is 0.125. The molecule has 164 valence electrons. The van der Waals surface area contributed by atoms with E-state index in [1.807, 2.05) is 24.3 Å². The Balaban J connectivity index is 1.40. The number of nitrogens with one attached hydrogen (secondary N) is 1. The average Bonchev–Trinajstić information content (AvgIpc) is 3.37. The summed E-state index contributed by atoms with van der Waals surface area (Å²) in [6.07, 6.45) is 0. The fraction of sp³-hybridized carbons (Fsp3) is 0.130. The van der Waals surface area contributed by atoms with E-state index < -0.39 is 11.7 Å². The van der Waals surface area contributed by atoms with Crippen LogP contribution in [0, 0.1) is 12.7 Å². The highest BCUT2D eigenvalue weighted by Gasteiger charge is 2.16. The first-order valence-electron chi connectivity index (χ1n) is 9.65. The molecule has 0 fully saturated rings. The van der Waals surface area contributed by atoms with Crippen molar-refractivity contribution in [2.75, 3.05) is 5.32 Å². The second-order valence-corrected chi connectivity index (χ2v) is 8.23. The lowest BCUT2D eigenvalue weighted by molar-refractivity contribution is 0.0992. The highest BCUT2D eigenvalue weighted by Crippen LogP contribution is 2.25. The van der Waals surface area contributed by atoms with Crippen molar-refractivity contribution in [1.29, 1.82) is 0 Å². The van der Waals surface area contributed by atoms with E-state index in [1.54, 1.807) is 41.9 Å². The van der Waals surface area contributed by atoms with Crippen molar-refractivity contribution in [2.45, 2.75) is 20.1 Å². The van der Waals surface area contributed by atoms with Crippen LogP contribution in [0.1, 0.15) is 27.6 Å². The van der Waals surface area contributed by atoms with Crippen molar-refractivity contribution in [3.63, 3.8) is 0 Å². The lowest BCUT2D eigenvalue weighted by Crippen LogP contribution is -2.12. The number of hydrogen-bond donors (Lipinski definition) is 1. The second kappa shape index (κ2) is 9.58. The lowest BCUT2D eigenvalue weighted by Gasteiger charge is -2.07. The van der Waals surface area contributed by atoms with Gasteiger partial charge >= 0.3 is 0 Å². The van der Waals surface area contributed by atoms with E-state index in [2.05, 4.69) is 26.3 Å². The zero-order valence-corrected chi connectivity index (χ0v) is 19.3. The van der Waals surface area contributed by atoms with Gasteiger partial charge in [-0.3, -0.25) is 9.48 Å². The molecule has 0 aliphatic heterocycles. The second-order valence-electron chi connectivity index (χ2n) is 6.97. The molecule has 9 heteroatoms. The van der Waals surface area contributed by atoms with Crippen molar-refractivity contribution >= 4 is 39.3 Å². The number of halogens is 3. The van der Waals surface area contributed by atoms with Gasteiger partial charge in [0, 0.05) is 22.3 Å². The van der Waals surface area contributed by atoms with Crippen molar-refractivity contribution in [3.05, 3.63) is 98.8 Å². The van der Waals surface area contributed by atoms with E-state index in [4.69, 9.17) is 20.8 Å². The summed E-state index contributed by atoms with van der Waals surface area (Å²) in [5, 5.41) is 7.34. The van der Waals surface area contributed by atoms with Gasteiger partial charge in [-0.1, -0.05) is 29.8 Å². The third-order valence-corrected chi connectivity index (χ3v) is 5.69. The molecule has 0 saturated carbocycles. The van der Waals surface area contributed by atoms with Crippen molar-refractivity contribution in [3.8, 4) is 5.75 Å². The van der Waals surface area contributed by atoms with Crippen molar-refractivity contribution in [1.82, 2.24) is 9.78 Å². The van der Waals surface area contributed by atoms with Crippen molar-refractivity contribution in [2.24, 2.45) is 0 Å². The first kappa shape index (κ1) is 22.1. The summed E-state index contributed by atoms with van der Waals surface area (Å²) in [4.78, 5) is 12.6. The van der Waals surface area contributed by atoms with Gasteiger partial charge in [-0.25, -0.2) is 4.39 Å². The van der Waals surface area contributed by atoms with Gasteiger partial charge < -0.3 is 14.5 Å². The summed E-state index contributed by atoms with van der Waals surface area (Å²) in [5.41, 5.74) is 1.07. The number of carbonyl (C=O) groups is 1. The zero-order chi connectivity index (χ0) is 22.7. The zero-order valence-electron chi connectivity index (χ0n) is 16.9. The Labute approximate surface area is 197 Å². The fourth-order valence-corrected chi connectivity index (χ4v) is 3.65. The van der Waals surface area contributed by atoms with Crippen LogP contribution in [0.15, 0.2) is 69.6 Å². The van der Waals surface area contributed by atoms with Crippen LogP contribution in [0.3, 0.4) is 0 Å². The minimum Gasteiger partial charge on any atom is -0.484 e. The van der Waals surface area contributed by atoms with Crippen LogP contribution >= 0.6 is 27.5 Å². The Kier molecular flexibility index (Phi) is 6.62. The standard InChI is InChI=1S/C23H18BrClFN3O3/c1-14-11-22(28-29(14)12-16-18(25)6-4-7-19(16)26)27-23(30)21-10-9-15(32-21)13-31-20-8-3-2-5-17(20)24/h2-11H,12-13H2,1H3,(H,27,28,30). The van der Waals surface area contributed by atoms with Crippen LogP contribution < -0.4 is 10.1 Å². The van der Waals surface area contributed by atoms with Crippen molar-refractivity contribution < 1.29 is 18.3 Å². The van der Waals surface area contributed by atoms with Gasteiger partial charge in [-0.15, -0.1) is 0 Å². The van der Waals surface area contributed by atoms with E-state index in [9.17, 15) is 9.18 Å². The molecule has 2 aromatic heterocycles. The summed E-state index contributed by atoms with van der Waals surface area (Å²) in [6.45, 7) is 2.12. The fourth-order valence-electron chi connectivity index (χ4n) is 3.03. The van der Waals surface area contributed by atoms with Crippen LogP contribution in [0.4, 0.5) is 10.2 Å². The van der Waals surface area contributed by atoms with E-state index in [1.165, 1.54) is 6.07 Å². The van der Waals surface area contributed by atoms with Crippen LogP contribution in [0.2, 0.25) is 5.02 Å². The number of aryl methyl sites for hydroxylation is 1. The molecule has 0 bridgehead atoms. The van der Waals surface area contributed by atoms with E-state index in [0.717, 1.165) is 10.2 Å². The van der Waals surface area contributed by atoms with E-state index in [0.29, 0.717) is 27.9 Å². The number of furan rings is 1. The van der Waals surface area contributed by atoms with Gasteiger partial charge in [0.1, 0.15) is 23.9 Å². The number of hydrogen-bond acceptors (Lipinski definition) is 4. The molecule has 2 aromatic carbocycles. The molecular formula is C23H18BrClFN3O3. The molecule has 32 heavy (non-hydrogen) atoms. The Morgan fingerprint density at radius 1 is 1.22 bits per heavy atom. The number of benzene rings is 2. The molecule has 1 amide bonds. The van der Waals surface area contributed by atoms with E-state index in [-0.39, 0.29) is 18.9 Å². The molecule has 2 heterocycles. The number of anilines is 1. The van der Waals surface area contributed by atoms with E-state index >= 15 is 0 Å². The number of ether oxygens (including phenoxy) is 1. The highest BCUT2D eigenvalue weighted by molar-refractivity contribution is 9.10. The third-order valence-electron chi connectivity index (χ3n) is 4.68. The molecule has 0 atom stereocenters. The monoisotopic (exact) mass is 517 g/mol. The largest absolute Gasteiger partial charge is 0.484 e. The molecule has 0 unspecified atom stereocenters. The van der Waals surface area contributed by atoms with Gasteiger partial charge in [0.25, 0.3) is 5.91 Å². The van der Waals surface area contributed by atoms with Gasteiger partial charge in [-0.2, -0.15) is 5.10 Å². The van der Waals surface area contributed by atoms with Crippen LogP contribution in [0.5, 0.6) is 5.75 Å². The van der Waals surface area contributed by atoms with Gasteiger partial charge in [0.2, 0.25) is 0 Å². The normalized spacial score (nSPS) is 10.9. The Bertz CT molecular complexity index is 1250. The first-order chi connectivity index (χ1) is 15.4. The topological polar surface area (TPSA) is 69.3 Å². The smallest absolute Gasteiger partial charge is 0.292 e. The Morgan fingerprint density at radius 2 is 2.03 bits per heavy atom. The molecule has 0 aliphatic rings. The van der Waals surface area contributed by atoms with Gasteiger partial charge in [0.05, 0.1) is 11.0 Å². The Hall–Kier alpha value is -3.10. The molecule has 4 rings (SSSR count). The molecule has 4 aromatic rings. The van der Waals surface area contributed by atoms with Gasteiger partial charge in [0.15, 0.2) is 11.6 Å². The molecular weight excluding hydrogens is 501 g/mol. The number of carbonyl (C=O) groups excluding carboxylic acids is 1. The minimum atomic E-state index is -0.453. The summed E-state index contributed by atoms with van der Waals surface area (Å²) < 4.78 is 27.8. The molecule has 0 spiro atoms. The molecule has 0 aliphatic carbocycles. The maximum atomic E-state index is 14.1.